The second kappa shape index (κ2) is 9.99. The van der Waals surface area contributed by atoms with Crippen LogP contribution >= 0.6 is 0 Å². The Bertz CT molecular complexity index is 172. The van der Waals surface area contributed by atoms with Crippen LogP contribution in [0.3, 0.4) is 0 Å². The summed E-state index contributed by atoms with van der Waals surface area (Å²) >= 11 is 0. The molecule has 3 N–H and O–H groups in total. The molecule has 0 aromatic heterocycles. The molecular weight excluding hydrogens is 236 g/mol. The summed E-state index contributed by atoms with van der Waals surface area (Å²) in [6.07, 6.45) is 3.25. The first-order valence-electron chi connectivity index (χ1n) is 6.26. The molecule has 0 rings (SSSR count). The van der Waals surface area contributed by atoms with Gasteiger partial charge < -0.3 is 24.3 Å². The number of hydrogen-bond donors (Lipinski definition) is 2. The number of nitrogens with two attached hydrogens (primary N) is 1. The van der Waals surface area contributed by atoms with E-state index in [1.807, 2.05) is 0 Å². The molecule has 0 amide bonds. The van der Waals surface area contributed by atoms with Gasteiger partial charge in [0.05, 0.1) is 0 Å². The van der Waals surface area contributed by atoms with Crippen molar-refractivity contribution in [3.05, 3.63) is 0 Å². The summed E-state index contributed by atoms with van der Waals surface area (Å²) in [4.78, 5) is 0. The molecule has 0 saturated carbocycles. The highest BCUT2D eigenvalue weighted by Gasteiger charge is 2.36. The van der Waals surface area contributed by atoms with Crippen molar-refractivity contribution < 1.29 is 13.3 Å². The summed E-state index contributed by atoms with van der Waals surface area (Å²) in [6, 6.07) is 1.38. The Balaban J connectivity index is 3.92. The highest BCUT2D eigenvalue weighted by molar-refractivity contribution is 6.60. The molecular formula is C11H28N2O3Si. The normalized spacial score (nSPS) is 13.9. The lowest BCUT2D eigenvalue weighted by Crippen LogP contribution is -2.43. The maximum Gasteiger partial charge on any atom is 0.500 e. The lowest BCUT2D eigenvalue weighted by molar-refractivity contribution is 0.122. The fraction of sp³-hybridized carbons (Fsp3) is 1.00. The van der Waals surface area contributed by atoms with Gasteiger partial charge in [-0.25, -0.2) is 0 Å². The lowest BCUT2D eigenvalue weighted by Gasteiger charge is -2.25. The molecule has 104 valence electrons. The van der Waals surface area contributed by atoms with E-state index in [-0.39, 0.29) is 0 Å². The Kier molecular flexibility index (Phi) is 10.00. The van der Waals surface area contributed by atoms with E-state index >= 15 is 0 Å². The zero-order chi connectivity index (χ0) is 13.1. The highest BCUT2D eigenvalue weighted by Crippen LogP contribution is 2.17. The quantitative estimate of drug-likeness (QED) is 0.544. The highest BCUT2D eigenvalue weighted by atomic mass is 28.4. The molecule has 1 unspecified atom stereocenters. The summed E-state index contributed by atoms with van der Waals surface area (Å²) in [7, 11) is 2.59. The van der Waals surface area contributed by atoms with E-state index < -0.39 is 8.80 Å². The van der Waals surface area contributed by atoms with Gasteiger partial charge in [-0.1, -0.05) is 6.92 Å². The first kappa shape index (κ1) is 17.0. The van der Waals surface area contributed by atoms with E-state index in [2.05, 4.69) is 12.2 Å². The van der Waals surface area contributed by atoms with Crippen LogP contribution in [0.15, 0.2) is 0 Å². The Morgan fingerprint density at radius 1 is 1.18 bits per heavy atom. The van der Waals surface area contributed by atoms with Gasteiger partial charge in [0.1, 0.15) is 0 Å². The van der Waals surface area contributed by atoms with Crippen molar-refractivity contribution in [1.29, 1.82) is 0 Å². The predicted molar refractivity (Wildman–Crippen MR) is 72.0 cm³/mol. The minimum Gasteiger partial charge on any atom is -0.377 e. The zero-order valence-corrected chi connectivity index (χ0v) is 12.6. The van der Waals surface area contributed by atoms with Crippen LogP contribution in [-0.2, 0) is 13.3 Å². The van der Waals surface area contributed by atoms with Crippen molar-refractivity contribution in [2.45, 2.75) is 38.3 Å². The Labute approximate surface area is 106 Å². The summed E-state index contributed by atoms with van der Waals surface area (Å²) < 4.78 is 16.2. The Hall–Kier alpha value is 0.0169. The number of nitrogens with one attached hydrogen (secondary N) is 1. The van der Waals surface area contributed by atoms with Crippen LogP contribution in [0.4, 0.5) is 0 Å². The predicted octanol–water partition coefficient (Wildman–Crippen LogP) is 0.972. The van der Waals surface area contributed by atoms with Crippen molar-refractivity contribution in [3.8, 4) is 0 Å². The molecule has 5 nitrogen and oxygen atoms in total. The van der Waals surface area contributed by atoms with E-state index in [4.69, 9.17) is 19.0 Å². The van der Waals surface area contributed by atoms with Crippen LogP contribution in [0.2, 0.25) is 6.04 Å². The molecule has 0 aromatic carbocycles. The SMILES string of the molecule is CCC(CCC[Si](OC)(OC)OC)NCCN. The van der Waals surface area contributed by atoms with Gasteiger partial charge in [0.2, 0.25) is 0 Å². The number of hydrogen-bond acceptors (Lipinski definition) is 5. The second-order valence-corrected chi connectivity index (χ2v) is 7.13. The van der Waals surface area contributed by atoms with E-state index in [1.165, 1.54) is 0 Å². The molecule has 1 atom stereocenters. The molecule has 0 aliphatic rings. The van der Waals surface area contributed by atoms with Crippen molar-refractivity contribution >= 4 is 8.80 Å². The van der Waals surface area contributed by atoms with Gasteiger partial charge in [0, 0.05) is 46.5 Å². The fourth-order valence-electron chi connectivity index (χ4n) is 1.86. The molecule has 0 saturated heterocycles. The fourth-order valence-corrected chi connectivity index (χ4v) is 3.61. The van der Waals surface area contributed by atoms with Gasteiger partial charge in [-0.3, -0.25) is 0 Å². The maximum absolute atomic E-state index is 5.48. The van der Waals surface area contributed by atoms with Crippen LogP contribution in [-0.4, -0.2) is 49.3 Å². The first-order chi connectivity index (χ1) is 8.17. The van der Waals surface area contributed by atoms with Gasteiger partial charge in [-0.05, 0) is 19.3 Å². The third kappa shape index (κ3) is 6.49. The molecule has 0 aliphatic heterocycles. The molecule has 0 fully saturated rings. The van der Waals surface area contributed by atoms with E-state index in [1.54, 1.807) is 21.3 Å². The molecule has 0 aromatic rings. The summed E-state index contributed by atoms with van der Waals surface area (Å²) in [5.41, 5.74) is 5.48. The Morgan fingerprint density at radius 2 is 1.76 bits per heavy atom. The molecule has 0 spiro atoms. The molecule has 6 heteroatoms. The summed E-state index contributed by atoms with van der Waals surface area (Å²) in [6.45, 7) is 3.74. The molecule has 0 aliphatic carbocycles. The standard InChI is InChI=1S/C11H28N2O3Si/c1-5-11(13-9-8-12)7-6-10-17(14-2,15-3)16-4/h11,13H,5-10,12H2,1-4H3. The smallest absolute Gasteiger partial charge is 0.377 e. The second-order valence-electron chi connectivity index (χ2n) is 4.04. The lowest BCUT2D eigenvalue weighted by atomic mass is 10.1. The monoisotopic (exact) mass is 264 g/mol. The van der Waals surface area contributed by atoms with Crippen molar-refractivity contribution in [2.24, 2.45) is 5.73 Å². The summed E-state index contributed by atoms with van der Waals surface area (Å²) in [5, 5.41) is 3.43. The largest absolute Gasteiger partial charge is 0.500 e. The van der Waals surface area contributed by atoms with Crippen LogP contribution in [0, 0.1) is 0 Å². The molecule has 0 bridgehead atoms. The van der Waals surface area contributed by atoms with Crippen LogP contribution in [0.1, 0.15) is 26.2 Å². The van der Waals surface area contributed by atoms with Gasteiger partial charge in [-0.2, -0.15) is 0 Å². The van der Waals surface area contributed by atoms with Crippen molar-refractivity contribution in [2.75, 3.05) is 34.4 Å². The van der Waals surface area contributed by atoms with Crippen molar-refractivity contribution in [3.63, 3.8) is 0 Å². The van der Waals surface area contributed by atoms with Gasteiger partial charge in [-0.15, -0.1) is 0 Å². The van der Waals surface area contributed by atoms with E-state index in [0.717, 1.165) is 31.9 Å². The van der Waals surface area contributed by atoms with Gasteiger partial charge >= 0.3 is 8.80 Å². The Morgan fingerprint density at radius 3 is 2.18 bits per heavy atom. The summed E-state index contributed by atoms with van der Waals surface area (Å²) in [5.74, 6) is 0. The maximum atomic E-state index is 5.48. The number of rotatable bonds is 11. The average Bonchev–Trinajstić information content (AvgIpc) is 2.39. The third-order valence-electron chi connectivity index (χ3n) is 3.04. The van der Waals surface area contributed by atoms with Gasteiger partial charge in [0.15, 0.2) is 0 Å². The van der Waals surface area contributed by atoms with E-state index in [9.17, 15) is 0 Å². The zero-order valence-electron chi connectivity index (χ0n) is 11.6. The topological polar surface area (TPSA) is 65.7 Å². The molecule has 17 heavy (non-hydrogen) atoms. The van der Waals surface area contributed by atoms with E-state index in [0.29, 0.717) is 12.6 Å². The van der Waals surface area contributed by atoms with Crippen LogP contribution < -0.4 is 11.1 Å². The first-order valence-corrected chi connectivity index (χ1v) is 8.20. The average molecular weight is 264 g/mol. The van der Waals surface area contributed by atoms with Crippen molar-refractivity contribution in [1.82, 2.24) is 5.32 Å². The minimum atomic E-state index is -2.38. The van der Waals surface area contributed by atoms with Gasteiger partial charge in [0.25, 0.3) is 0 Å². The van der Waals surface area contributed by atoms with Crippen LogP contribution in [0.5, 0.6) is 0 Å². The third-order valence-corrected chi connectivity index (χ3v) is 5.87. The molecule has 0 heterocycles. The minimum absolute atomic E-state index is 0.524. The van der Waals surface area contributed by atoms with Crippen LogP contribution in [0.25, 0.3) is 0 Å². The molecule has 0 radical (unpaired) electrons.